The SMILES string of the molecule is CCCNCC1CCC(CC)CC1C(C)CC. The highest BCUT2D eigenvalue weighted by atomic mass is 14.9. The third-order valence-electron chi connectivity index (χ3n) is 4.94. The van der Waals surface area contributed by atoms with Gasteiger partial charge in [-0.2, -0.15) is 0 Å². The molecule has 0 saturated heterocycles. The third-order valence-corrected chi connectivity index (χ3v) is 4.94. The Balaban J connectivity index is 2.48. The normalized spacial score (nSPS) is 31.4. The van der Waals surface area contributed by atoms with Crippen LogP contribution in [-0.4, -0.2) is 13.1 Å². The fourth-order valence-corrected chi connectivity index (χ4v) is 3.45. The molecule has 0 radical (unpaired) electrons. The van der Waals surface area contributed by atoms with Crippen molar-refractivity contribution >= 4 is 0 Å². The van der Waals surface area contributed by atoms with Crippen LogP contribution in [-0.2, 0) is 0 Å². The Morgan fingerprint density at radius 2 is 1.94 bits per heavy atom. The van der Waals surface area contributed by atoms with E-state index in [1.54, 1.807) is 0 Å². The lowest BCUT2D eigenvalue weighted by Crippen LogP contribution is -2.36. The average molecular weight is 239 g/mol. The first-order valence-corrected chi connectivity index (χ1v) is 7.93. The van der Waals surface area contributed by atoms with Gasteiger partial charge in [0.15, 0.2) is 0 Å². The van der Waals surface area contributed by atoms with Gasteiger partial charge in [-0.05, 0) is 56.0 Å². The average Bonchev–Trinajstić information content (AvgIpc) is 2.38. The maximum absolute atomic E-state index is 3.65. The van der Waals surface area contributed by atoms with Crippen molar-refractivity contribution in [1.29, 1.82) is 0 Å². The summed E-state index contributed by atoms with van der Waals surface area (Å²) >= 11 is 0. The molecule has 0 aliphatic heterocycles. The number of hydrogen-bond acceptors (Lipinski definition) is 1. The zero-order chi connectivity index (χ0) is 12.7. The molecular weight excluding hydrogens is 206 g/mol. The molecule has 0 amide bonds. The molecule has 1 saturated carbocycles. The van der Waals surface area contributed by atoms with Crippen molar-refractivity contribution < 1.29 is 0 Å². The zero-order valence-electron chi connectivity index (χ0n) is 12.5. The van der Waals surface area contributed by atoms with Crippen LogP contribution in [0.1, 0.15) is 66.2 Å². The Morgan fingerprint density at radius 3 is 2.53 bits per heavy atom. The maximum Gasteiger partial charge on any atom is -0.00178 e. The maximum atomic E-state index is 3.65. The van der Waals surface area contributed by atoms with E-state index in [1.165, 1.54) is 51.6 Å². The van der Waals surface area contributed by atoms with Crippen molar-refractivity contribution in [2.75, 3.05) is 13.1 Å². The standard InChI is InChI=1S/C16H33N/c1-5-10-17-12-15-9-8-14(7-3)11-16(15)13(4)6-2/h13-17H,5-12H2,1-4H3. The predicted octanol–water partition coefficient (Wildman–Crippen LogP) is 4.47. The first-order chi connectivity index (χ1) is 8.22. The summed E-state index contributed by atoms with van der Waals surface area (Å²) in [6.07, 6.45) is 8.43. The van der Waals surface area contributed by atoms with Crippen molar-refractivity contribution in [2.45, 2.75) is 66.2 Å². The van der Waals surface area contributed by atoms with E-state index in [2.05, 4.69) is 33.0 Å². The molecule has 1 fully saturated rings. The van der Waals surface area contributed by atoms with Crippen LogP contribution >= 0.6 is 0 Å². The molecule has 0 bridgehead atoms. The van der Waals surface area contributed by atoms with Crippen LogP contribution in [0.4, 0.5) is 0 Å². The minimum absolute atomic E-state index is 0.915. The topological polar surface area (TPSA) is 12.0 Å². The molecule has 0 aromatic rings. The second kappa shape index (κ2) is 8.13. The van der Waals surface area contributed by atoms with Crippen LogP contribution in [0.25, 0.3) is 0 Å². The van der Waals surface area contributed by atoms with Crippen LogP contribution in [0.2, 0.25) is 0 Å². The van der Waals surface area contributed by atoms with Gasteiger partial charge in [-0.15, -0.1) is 0 Å². The second-order valence-corrected chi connectivity index (χ2v) is 6.10. The zero-order valence-corrected chi connectivity index (χ0v) is 12.5. The Labute approximate surface area is 109 Å². The highest BCUT2D eigenvalue weighted by molar-refractivity contribution is 4.83. The number of hydrogen-bond donors (Lipinski definition) is 1. The first kappa shape index (κ1) is 15.0. The van der Waals surface area contributed by atoms with Gasteiger partial charge in [0.25, 0.3) is 0 Å². The molecule has 1 rings (SSSR count). The van der Waals surface area contributed by atoms with Gasteiger partial charge in [-0.3, -0.25) is 0 Å². The van der Waals surface area contributed by atoms with Crippen LogP contribution in [0.15, 0.2) is 0 Å². The van der Waals surface area contributed by atoms with E-state index in [4.69, 9.17) is 0 Å². The highest BCUT2D eigenvalue weighted by Crippen LogP contribution is 2.40. The lowest BCUT2D eigenvalue weighted by molar-refractivity contribution is 0.121. The van der Waals surface area contributed by atoms with Crippen molar-refractivity contribution in [1.82, 2.24) is 5.32 Å². The van der Waals surface area contributed by atoms with E-state index in [-0.39, 0.29) is 0 Å². The minimum Gasteiger partial charge on any atom is -0.316 e. The smallest absolute Gasteiger partial charge is 0.00178 e. The summed E-state index contributed by atoms with van der Waals surface area (Å²) in [5, 5.41) is 3.65. The van der Waals surface area contributed by atoms with Gasteiger partial charge in [-0.25, -0.2) is 0 Å². The Bertz CT molecular complexity index is 188. The molecular formula is C16H33N. The second-order valence-electron chi connectivity index (χ2n) is 6.10. The summed E-state index contributed by atoms with van der Waals surface area (Å²) < 4.78 is 0. The molecule has 1 aliphatic rings. The van der Waals surface area contributed by atoms with Crippen LogP contribution in [0.3, 0.4) is 0 Å². The fourth-order valence-electron chi connectivity index (χ4n) is 3.45. The molecule has 1 nitrogen and oxygen atoms in total. The molecule has 0 aromatic carbocycles. The van der Waals surface area contributed by atoms with Gasteiger partial charge in [-0.1, -0.05) is 47.0 Å². The largest absolute Gasteiger partial charge is 0.316 e. The molecule has 17 heavy (non-hydrogen) atoms. The van der Waals surface area contributed by atoms with Crippen molar-refractivity contribution in [3.63, 3.8) is 0 Å². The van der Waals surface area contributed by atoms with Crippen molar-refractivity contribution in [3.8, 4) is 0 Å². The summed E-state index contributed by atoms with van der Waals surface area (Å²) in [5.74, 6) is 3.84. The summed E-state index contributed by atoms with van der Waals surface area (Å²) in [4.78, 5) is 0. The van der Waals surface area contributed by atoms with Gasteiger partial charge < -0.3 is 5.32 Å². The Kier molecular flexibility index (Phi) is 7.18. The van der Waals surface area contributed by atoms with E-state index in [9.17, 15) is 0 Å². The summed E-state index contributed by atoms with van der Waals surface area (Å²) in [6.45, 7) is 11.9. The van der Waals surface area contributed by atoms with Gasteiger partial charge in [0.1, 0.15) is 0 Å². The van der Waals surface area contributed by atoms with E-state index in [0.29, 0.717) is 0 Å². The summed E-state index contributed by atoms with van der Waals surface area (Å²) in [5.41, 5.74) is 0. The predicted molar refractivity (Wildman–Crippen MR) is 77.2 cm³/mol. The molecule has 0 spiro atoms. The molecule has 1 N–H and O–H groups in total. The molecule has 1 heteroatoms. The molecule has 1 aliphatic carbocycles. The van der Waals surface area contributed by atoms with Gasteiger partial charge in [0.2, 0.25) is 0 Å². The first-order valence-electron chi connectivity index (χ1n) is 7.93. The third kappa shape index (κ3) is 4.62. The van der Waals surface area contributed by atoms with E-state index in [1.807, 2.05) is 0 Å². The lowest BCUT2D eigenvalue weighted by atomic mass is 9.68. The number of nitrogens with one attached hydrogen (secondary N) is 1. The highest BCUT2D eigenvalue weighted by Gasteiger charge is 2.32. The van der Waals surface area contributed by atoms with Gasteiger partial charge in [0.05, 0.1) is 0 Å². The van der Waals surface area contributed by atoms with Gasteiger partial charge >= 0.3 is 0 Å². The lowest BCUT2D eigenvalue weighted by Gasteiger charge is -2.39. The summed E-state index contributed by atoms with van der Waals surface area (Å²) in [6, 6.07) is 0. The quantitative estimate of drug-likeness (QED) is 0.646. The van der Waals surface area contributed by atoms with Crippen LogP contribution < -0.4 is 5.32 Å². The Morgan fingerprint density at radius 1 is 1.18 bits per heavy atom. The van der Waals surface area contributed by atoms with E-state index < -0.39 is 0 Å². The molecule has 102 valence electrons. The molecule has 0 aromatic heterocycles. The van der Waals surface area contributed by atoms with E-state index in [0.717, 1.165) is 23.7 Å². The van der Waals surface area contributed by atoms with Crippen LogP contribution in [0.5, 0.6) is 0 Å². The minimum atomic E-state index is 0.915. The van der Waals surface area contributed by atoms with Crippen molar-refractivity contribution in [3.05, 3.63) is 0 Å². The monoisotopic (exact) mass is 239 g/mol. The fraction of sp³-hybridized carbons (Fsp3) is 1.00. The Hall–Kier alpha value is -0.0400. The molecule has 4 unspecified atom stereocenters. The van der Waals surface area contributed by atoms with Crippen LogP contribution in [0, 0.1) is 23.7 Å². The van der Waals surface area contributed by atoms with E-state index >= 15 is 0 Å². The molecule has 0 heterocycles. The van der Waals surface area contributed by atoms with Crippen molar-refractivity contribution in [2.24, 2.45) is 23.7 Å². The number of rotatable bonds is 7. The summed E-state index contributed by atoms with van der Waals surface area (Å²) in [7, 11) is 0. The molecule has 4 atom stereocenters. The van der Waals surface area contributed by atoms with Gasteiger partial charge in [0, 0.05) is 0 Å².